The number of sulfonamides is 1. The number of nitrogens with zero attached hydrogens (tertiary/aromatic N) is 2. The van der Waals surface area contributed by atoms with E-state index in [1.54, 1.807) is 35.8 Å². The van der Waals surface area contributed by atoms with Gasteiger partial charge in [-0.25, -0.2) is 13.4 Å². The second-order valence-corrected chi connectivity index (χ2v) is 12.8. The normalized spacial score (nSPS) is 23.2. The van der Waals surface area contributed by atoms with Crippen molar-refractivity contribution in [1.82, 2.24) is 10.3 Å². The minimum atomic E-state index is -3.72. The first-order valence-corrected chi connectivity index (χ1v) is 14.9. The smallest absolute Gasteiger partial charge is 0.263 e. The van der Waals surface area contributed by atoms with Crippen LogP contribution in [0.2, 0.25) is 0 Å². The highest BCUT2D eigenvalue weighted by Gasteiger charge is 2.50. The minimum absolute atomic E-state index is 0.0457. The lowest BCUT2D eigenvalue weighted by Crippen LogP contribution is -2.39. The molecule has 3 heterocycles. The fraction of sp³-hybridized carbons (Fsp3) is 0.407. The molecule has 9 heteroatoms. The number of hydrogen-bond donors (Lipinski definition) is 2. The molecule has 188 valence electrons. The first kappa shape index (κ1) is 23.6. The van der Waals surface area contributed by atoms with E-state index in [9.17, 15) is 13.2 Å². The van der Waals surface area contributed by atoms with Crippen molar-refractivity contribution < 1.29 is 13.2 Å². The van der Waals surface area contributed by atoms with Gasteiger partial charge in [0, 0.05) is 29.7 Å². The summed E-state index contributed by atoms with van der Waals surface area (Å²) in [5, 5.41) is 5.55. The van der Waals surface area contributed by atoms with Crippen LogP contribution in [0.3, 0.4) is 0 Å². The molecule has 0 radical (unpaired) electrons. The van der Waals surface area contributed by atoms with Gasteiger partial charge in [0.25, 0.3) is 10.0 Å². The summed E-state index contributed by atoms with van der Waals surface area (Å²) in [5.41, 5.74) is 5.02. The van der Waals surface area contributed by atoms with E-state index < -0.39 is 10.0 Å². The summed E-state index contributed by atoms with van der Waals surface area (Å²) in [7, 11) is -3.72. The number of carbonyl (C=O) groups excluding carboxylic acids is 1. The first-order chi connectivity index (χ1) is 17.4. The molecule has 0 bridgehead atoms. The van der Waals surface area contributed by atoms with Crippen molar-refractivity contribution in [2.45, 2.75) is 48.8 Å². The van der Waals surface area contributed by atoms with Gasteiger partial charge in [-0.05, 0) is 92.4 Å². The molecule has 2 N–H and O–H groups in total. The topological polar surface area (TPSA) is 91.4 Å². The van der Waals surface area contributed by atoms with Gasteiger partial charge in [-0.15, -0.1) is 11.3 Å². The van der Waals surface area contributed by atoms with E-state index in [1.165, 1.54) is 28.0 Å². The van der Waals surface area contributed by atoms with Crippen LogP contribution in [0, 0.1) is 12.8 Å². The molecule has 3 aliphatic rings. The van der Waals surface area contributed by atoms with Gasteiger partial charge in [0.2, 0.25) is 5.91 Å². The van der Waals surface area contributed by atoms with Crippen LogP contribution in [-0.4, -0.2) is 38.9 Å². The van der Waals surface area contributed by atoms with Gasteiger partial charge in [0.15, 0.2) is 5.13 Å². The van der Waals surface area contributed by atoms with E-state index in [1.807, 2.05) is 4.90 Å². The maximum Gasteiger partial charge on any atom is 0.263 e. The van der Waals surface area contributed by atoms with Crippen molar-refractivity contribution in [2.75, 3.05) is 29.3 Å². The molecule has 1 unspecified atom stereocenters. The third-order valence-electron chi connectivity index (χ3n) is 8.20. The van der Waals surface area contributed by atoms with Crippen LogP contribution in [0.4, 0.5) is 10.8 Å². The molecule has 2 aromatic carbocycles. The number of aryl methyl sites for hydroxylation is 1. The molecule has 1 aromatic heterocycles. The lowest BCUT2D eigenvalue weighted by molar-refractivity contribution is -0.121. The zero-order chi connectivity index (χ0) is 24.9. The van der Waals surface area contributed by atoms with Gasteiger partial charge in [0.1, 0.15) is 0 Å². The molecule has 1 spiro atoms. The van der Waals surface area contributed by atoms with Crippen molar-refractivity contribution in [3.05, 3.63) is 70.7 Å². The standard InChI is InChI=1S/C27H30N4O3S2/c1-18-2-7-21-23(17-27(24(21)16-18)9-11-28-12-10-27)22-8-14-31(25(22)32)19-3-5-20(6-4-19)36(33,34)30-26-29-13-15-35-26/h2-7,13,15-16,22-23,28H,8-12,14,17H2,1H3,(H,29,30)/t22-,23?/m1/s1. The Morgan fingerprint density at radius 2 is 1.89 bits per heavy atom. The summed E-state index contributed by atoms with van der Waals surface area (Å²) in [4.78, 5) is 19.7. The van der Waals surface area contributed by atoms with Gasteiger partial charge in [0.05, 0.1) is 4.90 Å². The Bertz CT molecular complexity index is 1380. The molecule has 6 rings (SSSR count). The Hall–Kier alpha value is -2.75. The van der Waals surface area contributed by atoms with Crippen molar-refractivity contribution in [3.63, 3.8) is 0 Å². The number of piperidine rings is 1. The van der Waals surface area contributed by atoms with Crippen LogP contribution >= 0.6 is 11.3 Å². The molecule has 2 aliphatic heterocycles. The molecule has 0 saturated carbocycles. The second-order valence-electron chi connectivity index (χ2n) is 10.3. The molecule has 36 heavy (non-hydrogen) atoms. The molecule has 2 atom stereocenters. The van der Waals surface area contributed by atoms with Crippen molar-refractivity contribution in [2.24, 2.45) is 5.92 Å². The van der Waals surface area contributed by atoms with Crippen LogP contribution < -0.4 is 14.9 Å². The molecule has 2 fully saturated rings. The number of amides is 1. The number of hydrogen-bond acceptors (Lipinski definition) is 6. The summed E-state index contributed by atoms with van der Waals surface area (Å²) in [6.45, 7) is 4.86. The maximum absolute atomic E-state index is 13.7. The van der Waals surface area contributed by atoms with E-state index in [2.05, 4.69) is 40.1 Å². The minimum Gasteiger partial charge on any atom is -0.317 e. The highest BCUT2D eigenvalue weighted by molar-refractivity contribution is 7.93. The summed E-state index contributed by atoms with van der Waals surface area (Å²) < 4.78 is 27.9. The zero-order valence-corrected chi connectivity index (χ0v) is 21.9. The summed E-state index contributed by atoms with van der Waals surface area (Å²) in [6, 6.07) is 13.4. The predicted molar refractivity (Wildman–Crippen MR) is 142 cm³/mol. The number of anilines is 2. The Morgan fingerprint density at radius 1 is 1.11 bits per heavy atom. The van der Waals surface area contributed by atoms with Gasteiger partial charge < -0.3 is 10.2 Å². The Kier molecular flexibility index (Phi) is 5.89. The van der Waals surface area contributed by atoms with Crippen LogP contribution in [0.25, 0.3) is 0 Å². The number of thiazole rings is 1. The molecule has 3 aromatic rings. The highest BCUT2D eigenvalue weighted by Crippen LogP contribution is 2.55. The summed E-state index contributed by atoms with van der Waals surface area (Å²) >= 11 is 1.23. The molecular formula is C27H30N4O3S2. The average Bonchev–Trinajstić information content (AvgIpc) is 3.59. The number of fused-ring (bicyclic) bond motifs is 2. The second kappa shape index (κ2) is 8.97. The SMILES string of the molecule is Cc1ccc2c(c1)C1(CCNCC1)CC2[C@H]1CCN(c2ccc(S(=O)(=O)Nc3nccs3)cc2)C1=O. The fourth-order valence-corrected chi connectivity index (χ4v) is 8.20. The van der Waals surface area contributed by atoms with Gasteiger partial charge in [-0.3, -0.25) is 9.52 Å². The number of carbonyl (C=O) groups is 1. The maximum atomic E-state index is 13.7. The molecule has 1 amide bonds. The Morgan fingerprint density at radius 3 is 2.61 bits per heavy atom. The van der Waals surface area contributed by atoms with Crippen LogP contribution in [-0.2, 0) is 20.2 Å². The van der Waals surface area contributed by atoms with Gasteiger partial charge in [-0.2, -0.15) is 0 Å². The first-order valence-electron chi connectivity index (χ1n) is 12.5. The van der Waals surface area contributed by atoms with Crippen LogP contribution in [0.5, 0.6) is 0 Å². The molecular weight excluding hydrogens is 492 g/mol. The summed E-state index contributed by atoms with van der Waals surface area (Å²) in [6.07, 6.45) is 5.65. The van der Waals surface area contributed by atoms with Crippen molar-refractivity contribution in [3.8, 4) is 0 Å². The monoisotopic (exact) mass is 522 g/mol. The Balaban J connectivity index is 1.23. The van der Waals surface area contributed by atoms with E-state index in [0.717, 1.165) is 44.5 Å². The van der Waals surface area contributed by atoms with E-state index in [4.69, 9.17) is 0 Å². The fourth-order valence-electron chi connectivity index (χ4n) is 6.42. The molecule has 1 aliphatic carbocycles. The average molecular weight is 523 g/mol. The number of aromatic nitrogens is 1. The number of benzene rings is 2. The Labute approximate surface area is 216 Å². The zero-order valence-electron chi connectivity index (χ0n) is 20.2. The van der Waals surface area contributed by atoms with E-state index in [-0.39, 0.29) is 28.1 Å². The lowest BCUT2D eigenvalue weighted by atomic mass is 9.72. The van der Waals surface area contributed by atoms with Crippen LogP contribution in [0.1, 0.15) is 48.3 Å². The van der Waals surface area contributed by atoms with Gasteiger partial charge in [-0.1, -0.05) is 23.8 Å². The largest absolute Gasteiger partial charge is 0.317 e. The van der Waals surface area contributed by atoms with E-state index >= 15 is 0 Å². The third kappa shape index (κ3) is 4.03. The highest BCUT2D eigenvalue weighted by atomic mass is 32.2. The molecule has 7 nitrogen and oxygen atoms in total. The summed E-state index contributed by atoms with van der Waals surface area (Å²) in [5.74, 6) is 0.336. The lowest BCUT2D eigenvalue weighted by Gasteiger charge is -2.36. The van der Waals surface area contributed by atoms with Crippen molar-refractivity contribution >= 4 is 38.1 Å². The van der Waals surface area contributed by atoms with Gasteiger partial charge >= 0.3 is 0 Å². The van der Waals surface area contributed by atoms with Crippen LogP contribution in [0.15, 0.2) is 58.9 Å². The van der Waals surface area contributed by atoms with Crippen molar-refractivity contribution in [1.29, 1.82) is 0 Å². The van der Waals surface area contributed by atoms with E-state index in [0.29, 0.717) is 11.7 Å². The quantitative estimate of drug-likeness (QED) is 0.518. The molecule has 2 saturated heterocycles. The number of rotatable bonds is 5. The third-order valence-corrected chi connectivity index (χ3v) is 10.4. The predicted octanol–water partition coefficient (Wildman–Crippen LogP) is 4.41. The number of nitrogens with one attached hydrogen (secondary N) is 2.